The number of rotatable bonds is 4. The van der Waals surface area contributed by atoms with Gasteiger partial charge in [-0.1, -0.05) is 0 Å². The van der Waals surface area contributed by atoms with Crippen LogP contribution < -0.4 is 0 Å². The third-order valence-corrected chi connectivity index (χ3v) is 3.90. The van der Waals surface area contributed by atoms with Gasteiger partial charge in [-0.2, -0.15) is 13.2 Å². The highest BCUT2D eigenvalue weighted by Crippen LogP contribution is 2.32. The maximum Gasteiger partial charge on any atom is 0.443 e. The summed E-state index contributed by atoms with van der Waals surface area (Å²) in [6.07, 6.45) is -1.36. The zero-order chi connectivity index (χ0) is 13.2. The van der Waals surface area contributed by atoms with Crippen LogP contribution in [0.1, 0.15) is 14.9 Å². The summed E-state index contributed by atoms with van der Waals surface area (Å²) in [5.41, 5.74) is 0. The molecular formula is C10H10F3N3S2. The van der Waals surface area contributed by atoms with Crippen LogP contribution in [0.15, 0.2) is 17.8 Å². The van der Waals surface area contributed by atoms with Gasteiger partial charge in [0.25, 0.3) is 0 Å². The van der Waals surface area contributed by atoms with Crippen LogP contribution in [0.2, 0.25) is 0 Å². The first-order valence-electron chi connectivity index (χ1n) is 5.04. The first kappa shape index (κ1) is 13.4. The first-order valence-corrected chi connectivity index (χ1v) is 6.73. The third-order valence-electron chi connectivity index (χ3n) is 2.11. The van der Waals surface area contributed by atoms with Gasteiger partial charge in [-0.15, -0.1) is 22.7 Å². The molecule has 0 saturated heterocycles. The smallest absolute Gasteiger partial charge is 0.295 e. The van der Waals surface area contributed by atoms with Crippen molar-refractivity contribution in [1.29, 1.82) is 0 Å². The second-order valence-corrected chi connectivity index (χ2v) is 5.82. The fourth-order valence-electron chi connectivity index (χ4n) is 1.40. The van der Waals surface area contributed by atoms with Crippen LogP contribution in [0.4, 0.5) is 13.2 Å². The first-order chi connectivity index (χ1) is 8.45. The molecule has 0 spiro atoms. The molecule has 0 aromatic carbocycles. The molecule has 98 valence electrons. The summed E-state index contributed by atoms with van der Waals surface area (Å²) in [4.78, 5) is 10.0. The molecule has 2 heterocycles. The van der Waals surface area contributed by atoms with E-state index in [2.05, 4.69) is 9.97 Å². The summed E-state index contributed by atoms with van der Waals surface area (Å²) in [6.45, 7) is 1.06. The van der Waals surface area contributed by atoms with Crippen molar-refractivity contribution in [2.24, 2.45) is 0 Å². The van der Waals surface area contributed by atoms with Crippen molar-refractivity contribution in [3.05, 3.63) is 32.7 Å². The maximum absolute atomic E-state index is 12.4. The number of hydrogen-bond donors (Lipinski definition) is 0. The Bertz CT molecular complexity index is 493. The third kappa shape index (κ3) is 3.50. The Labute approximate surface area is 110 Å². The van der Waals surface area contributed by atoms with Crippen LogP contribution in [0.3, 0.4) is 0 Å². The summed E-state index contributed by atoms with van der Waals surface area (Å²) < 4.78 is 37.1. The molecule has 0 aliphatic heterocycles. The van der Waals surface area contributed by atoms with Gasteiger partial charge in [0.05, 0.1) is 6.54 Å². The molecule has 0 bridgehead atoms. The van der Waals surface area contributed by atoms with Crippen LogP contribution in [-0.2, 0) is 19.3 Å². The standard InChI is InChI=1S/C10H10F3N3S2/c1-16(6-8-14-2-3-17-8)5-7-4-15-9(18-7)10(11,12)13/h2-4H,5-6H2,1H3. The van der Waals surface area contributed by atoms with Gasteiger partial charge >= 0.3 is 6.18 Å². The summed E-state index contributed by atoms with van der Waals surface area (Å²) in [5.74, 6) is 0. The molecule has 2 rings (SSSR count). The SMILES string of the molecule is CN(Cc1cnc(C(F)(F)F)s1)Cc1nccs1. The van der Waals surface area contributed by atoms with Gasteiger partial charge in [0.1, 0.15) is 5.01 Å². The van der Waals surface area contributed by atoms with E-state index in [-0.39, 0.29) is 0 Å². The molecule has 0 aliphatic rings. The van der Waals surface area contributed by atoms with Crippen molar-refractivity contribution in [3.63, 3.8) is 0 Å². The highest BCUT2D eigenvalue weighted by Gasteiger charge is 2.34. The fraction of sp³-hybridized carbons (Fsp3) is 0.400. The van der Waals surface area contributed by atoms with Crippen molar-refractivity contribution in [2.45, 2.75) is 19.3 Å². The molecule has 2 aromatic heterocycles. The van der Waals surface area contributed by atoms with Gasteiger partial charge in [0, 0.05) is 29.2 Å². The molecule has 18 heavy (non-hydrogen) atoms. The molecule has 0 saturated carbocycles. The molecule has 2 aromatic rings. The predicted molar refractivity (Wildman–Crippen MR) is 64.4 cm³/mol. The lowest BCUT2D eigenvalue weighted by molar-refractivity contribution is -0.137. The average Bonchev–Trinajstić information content (AvgIpc) is 2.87. The van der Waals surface area contributed by atoms with Crippen molar-refractivity contribution >= 4 is 22.7 Å². The largest absolute Gasteiger partial charge is 0.443 e. The molecule has 0 N–H and O–H groups in total. The van der Waals surface area contributed by atoms with E-state index in [1.807, 2.05) is 17.3 Å². The van der Waals surface area contributed by atoms with Crippen molar-refractivity contribution < 1.29 is 13.2 Å². The molecular weight excluding hydrogens is 283 g/mol. The van der Waals surface area contributed by atoms with E-state index < -0.39 is 11.2 Å². The number of alkyl halides is 3. The fourth-order valence-corrected chi connectivity index (χ4v) is 2.95. The van der Waals surface area contributed by atoms with E-state index in [0.29, 0.717) is 29.3 Å². The van der Waals surface area contributed by atoms with E-state index in [4.69, 9.17) is 0 Å². The van der Waals surface area contributed by atoms with Crippen LogP contribution in [0, 0.1) is 0 Å². The van der Waals surface area contributed by atoms with Crippen molar-refractivity contribution in [2.75, 3.05) is 7.05 Å². The highest BCUT2D eigenvalue weighted by atomic mass is 32.1. The molecule has 8 heteroatoms. The number of nitrogens with zero attached hydrogens (tertiary/aromatic N) is 3. The summed E-state index contributed by atoms with van der Waals surface area (Å²) in [6, 6.07) is 0. The minimum atomic E-state index is -4.35. The molecule has 0 radical (unpaired) electrons. The number of aromatic nitrogens is 2. The lowest BCUT2D eigenvalue weighted by atomic mass is 10.4. The van der Waals surface area contributed by atoms with Crippen LogP contribution in [0.5, 0.6) is 0 Å². The van der Waals surface area contributed by atoms with Crippen LogP contribution in [0.25, 0.3) is 0 Å². The second kappa shape index (κ2) is 5.33. The van der Waals surface area contributed by atoms with E-state index in [0.717, 1.165) is 5.01 Å². The Balaban J connectivity index is 1.95. The maximum atomic E-state index is 12.4. The van der Waals surface area contributed by atoms with Gasteiger partial charge in [-0.3, -0.25) is 4.90 Å². The van der Waals surface area contributed by atoms with Gasteiger partial charge in [0.15, 0.2) is 5.01 Å². The van der Waals surface area contributed by atoms with Gasteiger partial charge in [-0.25, -0.2) is 9.97 Å². The Morgan fingerprint density at radius 2 is 2.06 bits per heavy atom. The Kier molecular flexibility index (Phi) is 3.98. The lowest BCUT2D eigenvalue weighted by Crippen LogP contribution is -2.16. The molecule has 0 unspecified atom stereocenters. The monoisotopic (exact) mass is 293 g/mol. The highest BCUT2D eigenvalue weighted by molar-refractivity contribution is 7.11. The summed E-state index contributed by atoms with van der Waals surface area (Å²) in [7, 11) is 1.84. The summed E-state index contributed by atoms with van der Waals surface area (Å²) in [5, 5.41) is 2.02. The van der Waals surface area contributed by atoms with Crippen LogP contribution >= 0.6 is 22.7 Å². The number of halogens is 3. The van der Waals surface area contributed by atoms with Gasteiger partial charge in [-0.05, 0) is 7.05 Å². The molecule has 3 nitrogen and oxygen atoms in total. The van der Waals surface area contributed by atoms with E-state index in [1.54, 1.807) is 6.20 Å². The Morgan fingerprint density at radius 1 is 1.28 bits per heavy atom. The van der Waals surface area contributed by atoms with Crippen molar-refractivity contribution in [3.8, 4) is 0 Å². The molecule has 0 aliphatic carbocycles. The lowest BCUT2D eigenvalue weighted by Gasteiger charge is -2.13. The Morgan fingerprint density at radius 3 is 2.61 bits per heavy atom. The number of thiazole rings is 2. The minimum absolute atomic E-state index is 0.438. The van der Waals surface area contributed by atoms with E-state index in [9.17, 15) is 13.2 Å². The zero-order valence-electron chi connectivity index (χ0n) is 9.44. The normalized spacial score (nSPS) is 12.3. The molecule has 0 fully saturated rings. The van der Waals surface area contributed by atoms with Crippen LogP contribution in [-0.4, -0.2) is 21.9 Å². The molecule has 0 amide bonds. The van der Waals surface area contributed by atoms with E-state index >= 15 is 0 Å². The average molecular weight is 293 g/mol. The zero-order valence-corrected chi connectivity index (χ0v) is 11.1. The number of hydrogen-bond acceptors (Lipinski definition) is 5. The minimum Gasteiger partial charge on any atom is -0.295 e. The van der Waals surface area contributed by atoms with Crippen molar-refractivity contribution in [1.82, 2.24) is 14.9 Å². The van der Waals surface area contributed by atoms with Gasteiger partial charge in [0.2, 0.25) is 0 Å². The predicted octanol–water partition coefficient (Wildman–Crippen LogP) is 3.25. The molecule has 0 atom stereocenters. The quantitative estimate of drug-likeness (QED) is 0.866. The van der Waals surface area contributed by atoms with Gasteiger partial charge < -0.3 is 0 Å². The van der Waals surface area contributed by atoms with E-state index in [1.165, 1.54) is 17.5 Å². The second-order valence-electron chi connectivity index (χ2n) is 3.73. The Hall–Kier alpha value is -0.990. The summed E-state index contributed by atoms with van der Waals surface area (Å²) >= 11 is 2.21. The topological polar surface area (TPSA) is 29.0 Å².